The summed E-state index contributed by atoms with van der Waals surface area (Å²) in [5, 5.41) is 3.46. The van der Waals surface area contributed by atoms with E-state index in [4.69, 9.17) is 0 Å². The summed E-state index contributed by atoms with van der Waals surface area (Å²) in [4.78, 5) is 0. The first-order valence-electron chi connectivity index (χ1n) is 4.01. The van der Waals surface area contributed by atoms with Gasteiger partial charge in [-0.2, -0.15) is 0 Å². The second-order valence-electron chi connectivity index (χ2n) is 3.30. The van der Waals surface area contributed by atoms with Gasteiger partial charge in [0.1, 0.15) is 0 Å². The number of hydrogen-bond donors (Lipinski definition) is 1. The van der Waals surface area contributed by atoms with E-state index in [0.29, 0.717) is 0 Å². The second-order valence-corrected chi connectivity index (χ2v) is 3.30. The molecule has 1 nitrogen and oxygen atoms in total. The van der Waals surface area contributed by atoms with Crippen molar-refractivity contribution in [3.63, 3.8) is 0 Å². The first-order chi connectivity index (χ1) is 4.45. The van der Waals surface area contributed by atoms with Gasteiger partial charge in [-0.15, -0.1) is 0 Å². The molecule has 1 N–H and O–H groups in total. The quantitative estimate of drug-likeness (QED) is 0.512. The summed E-state index contributed by atoms with van der Waals surface area (Å²) in [5.74, 6) is 1.83. The van der Waals surface area contributed by atoms with Crippen molar-refractivity contribution >= 4 is 0 Å². The Morgan fingerprint density at radius 3 is 2.33 bits per heavy atom. The Kier molecular flexibility index (Phi) is 1.46. The molecular formula is C8H14N. The van der Waals surface area contributed by atoms with Crippen molar-refractivity contribution in [1.82, 2.24) is 5.32 Å². The van der Waals surface area contributed by atoms with Crippen molar-refractivity contribution in [3.05, 3.63) is 6.42 Å². The van der Waals surface area contributed by atoms with E-state index in [1.54, 1.807) is 0 Å². The molecule has 1 heteroatoms. The highest BCUT2D eigenvalue weighted by Gasteiger charge is 2.25. The normalized spacial score (nSPS) is 42.7. The molecular weight excluding hydrogens is 110 g/mol. The highest BCUT2D eigenvalue weighted by molar-refractivity contribution is 4.94. The third kappa shape index (κ3) is 1.11. The largest absolute Gasteiger partial charge is 0.316 e. The minimum Gasteiger partial charge on any atom is -0.316 e. The molecule has 9 heavy (non-hydrogen) atoms. The molecule has 2 aliphatic rings. The van der Waals surface area contributed by atoms with Crippen molar-refractivity contribution in [2.45, 2.75) is 19.3 Å². The van der Waals surface area contributed by atoms with Crippen LogP contribution in [0.3, 0.4) is 0 Å². The van der Waals surface area contributed by atoms with Gasteiger partial charge in [-0.25, -0.2) is 0 Å². The van der Waals surface area contributed by atoms with Gasteiger partial charge in [0.05, 0.1) is 0 Å². The van der Waals surface area contributed by atoms with E-state index in [-0.39, 0.29) is 0 Å². The molecule has 0 amide bonds. The van der Waals surface area contributed by atoms with Crippen molar-refractivity contribution < 1.29 is 0 Å². The van der Waals surface area contributed by atoms with Crippen LogP contribution in [-0.2, 0) is 0 Å². The monoisotopic (exact) mass is 124 g/mol. The zero-order valence-corrected chi connectivity index (χ0v) is 5.77. The van der Waals surface area contributed by atoms with Crippen molar-refractivity contribution in [2.24, 2.45) is 11.8 Å². The zero-order valence-electron chi connectivity index (χ0n) is 5.77. The molecule has 0 aromatic carbocycles. The van der Waals surface area contributed by atoms with E-state index < -0.39 is 0 Å². The van der Waals surface area contributed by atoms with Crippen molar-refractivity contribution in [2.75, 3.05) is 13.1 Å². The van der Waals surface area contributed by atoms with E-state index in [2.05, 4.69) is 11.7 Å². The molecule has 0 aromatic heterocycles. The summed E-state index contributed by atoms with van der Waals surface area (Å²) < 4.78 is 0. The van der Waals surface area contributed by atoms with Gasteiger partial charge in [0.25, 0.3) is 0 Å². The lowest BCUT2D eigenvalue weighted by atomic mass is 9.79. The van der Waals surface area contributed by atoms with E-state index in [1.807, 2.05) is 0 Å². The first kappa shape index (κ1) is 5.72. The van der Waals surface area contributed by atoms with Crippen molar-refractivity contribution in [1.29, 1.82) is 0 Å². The van der Waals surface area contributed by atoms with Crippen LogP contribution < -0.4 is 5.32 Å². The minimum absolute atomic E-state index is 0.914. The standard InChI is InChI=1S/C8H14N/c1-2-7-4-8(3-1)6-9-5-7/h4,7-9H,1-3,5-6H2. The van der Waals surface area contributed by atoms with Gasteiger partial charge in [0.2, 0.25) is 0 Å². The van der Waals surface area contributed by atoms with Crippen LogP contribution >= 0.6 is 0 Å². The molecule has 1 aliphatic heterocycles. The third-order valence-corrected chi connectivity index (χ3v) is 2.51. The number of nitrogens with one attached hydrogen (secondary N) is 1. The van der Waals surface area contributed by atoms with Crippen LogP contribution in [0, 0.1) is 18.3 Å². The molecule has 1 heterocycles. The molecule has 2 fully saturated rings. The predicted molar refractivity (Wildman–Crippen MR) is 38.0 cm³/mol. The smallest absolute Gasteiger partial charge is 0.00175 e. The van der Waals surface area contributed by atoms with Crippen LogP contribution in [0.25, 0.3) is 0 Å². The Balaban J connectivity index is 1.96. The zero-order chi connectivity index (χ0) is 6.10. The lowest BCUT2D eigenvalue weighted by Crippen LogP contribution is -2.39. The molecule has 2 atom stereocenters. The molecule has 2 unspecified atom stereocenters. The van der Waals surface area contributed by atoms with Crippen LogP contribution in [0.1, 0.15) is 19.3 Å². The second kappa shape index (κ2) is 2.30. The maximum atomic E-state index is 3.46. The van der Waals surface area contributed by atoms with Crippen molar-refractivity contribution in [3.8, 4) is 0 Å². The van der Waals surface area contributed by atoms with Gasteiger partial charge in [-0.3, -0.25) is 0 Å². The summed E-state index contributed by atoms with van der Waals surface area (Å²) in [6, 6.07) is 0. The highest BCUT2D eigenvalue weighted by atomic mass is 14.9. The van der Waals surface area contributed by atoms with E-state index in [1.165, 1.54) is 32.4 Å². The summed E-state index contributed by atoms with van der Waals surface area (Å²) in [7, 11) is 0. The Labute approximate surface area is 56.8 Å². The Hall–Kier alpha value is -0.0400. The molecule has 1 aliphatic carbocycles. The SMILES string of the molecule is [CH]1C2CCCC1CNC2. The Morgan fingerprint density at radius 2 is 1.78 bits per heavy atom. The fraction of sp³-hybridized carbons (Fsp3) is 0.875. The molecule has 1 saturated carbocycles. The summed E-state index contributed by atoms with van der Waals surface area (Å²) in [6.07, 6.45) is 6.89. The van der Waals surface area contributed by atoms with Gasteiger partial charge in [0.15, 0.2) is 0 Å². The highest BCUT2D eigenvalue weighted by Crippen LogP contribution is 2.29. The van der Waals surface area contributed by atoms with Crippen LogP contribution in [0.2, 0.25) is 0 Å². The number of hydrogen-bond acceptors (Lipinski definition) is 1. The van der Waals surface area contributed by atoms with Gasteiger partial charge in [0, 0.05) is 0 Å². The third-order valence-electron chi connectivity index (χ3n) is 2.51. The van der Waals surface area contributed by atoms with Gasteiger partial charge >= 0.3 is 0 Å². The molecule has 0 aromatic rings. The topological polar surface area (TPSA) is 12.0 Å². The molecule has 0 spiro atoms. The predicted octanol–water partition coefficient (Wildman–Crippen LogP) is 1.21. The number of rotatable bonds is 0. The average molecular weight is 124 g/mol. The molecule has 51 valence electrons. The van der Waals surface area contributed by atoms with Gasteiger partial charge < -0.3 is 5.32 Å². The average Bonchev–Trinajstić information content (AvgIpc) is 1.88. The Morgan fingerprint density at radius 1 is 1.11 bits per heavy atom. The van der Waals surface area contributed by atoms with Crippen LogP contribution in [-0.4, -0.2) is 13.1 Å². The van der Waals surface area contributed by atoms with Crippen LogP contribution in [0.4, 0.5) is 0 Å². The molecule has 1 saturated heterocycles. The summed E-state index contributed by atoms with van der Waals surface area (Å²) in [6.45, 7) is 2.49. The minimum atomic E-state index is 0.914. The number of fused-ring (bicyclic) bond motifs is 2. The van der Waals surface area contributed by atoms with E-state index in [0.717, 1.165) is 11.8 Å². The summed E-state index contributed by atoms with van der Waals surface area (Å²) >= 11 is 0. The lowest BCUT2D eigenvalue weighted by molar-refractivity contribution is 0.287. The Bertz CT molecular complexity index is 80.7. The number of piperidine rings is 1. The summed E-state index contributed by atoms with van der Waals surface area (Å²) in [5.41, 5.74) is 0. The molecule has 2 rings (SSSR count). The molecule has 1 radical (unpaired) electrons. The first-order valence-corrected chi connectivity index (χ1v) is 4.01. The van der Waals surface area contributed by atoms with Gasteiger partial charge in [-0.1, -0.05) is 6.42 Å². The molecule has 2 bridgehead atoms. The lowest BCUT2D eigenvalue weighted by Gasteiger charge is -2.34. The van der Waals surface area contributed by atoms with E-state index in [9.17, 15) is 0 Å². The fourth-order valence-corrected chi connectivity index (χ4v) is 2.01. The van der Waals surface area contributed by atoms with Crippen LogP contribution in [0.15, 0.2) is 0 Å². The maximum Gasteiger partial charge on any atom is -0.00175 e. The van der Waals surface area contributed by atoms with Gasteiger partial charge in [-0.05, 0) is 44.2 Å². The fourth-order valence-electron chi connectivity index (χ4n) is 2.01. The maximum absolute atomic E-state index is 3.46. The van der Waals surface area contributed by atoms with E-state index >= 15 is 0 Å². The van der Waals surface area contributed by atoms with Crippen LogP contribution in [0.5, 0.6) is 0 Å².